The Morgan fingerprint density at radius 2 is 1.79 bits per heavy atom. The lowest BCUT2D eigenvalue weighted by molar-refractivity contribution is 0.0600. The van der Waals surface area contributed by atoms with Crippen molar-refractivity contribution in [2.75, 3.05) is 7.11 Å². The minimum Gasteiger partial charge on any atom is -0.491 e. The van der Waals surface area contributed by atoms with Crippen LogP contribution in [0.4, 0.5) is 0 Å². The van der Waals surface area contributed by atoms with Gasteiger partial charge in [0, 0.05) is 12.6 Å². The molecule has 1 N–H and O–H groups in total. The zero-order valence-corrected chi connectivity index (χ0v) is 14.7. The lowest BCUT2D eigenvalue weighted by Gasteiger charge is -2.16. The summed E-state index contributed by atoms with van der Waals surface area (Å²) in [5.41, 5.74) is 2.86. The quantitative estimate of drug-likeness (QED) is 0.777. The van der Waals surface area contributed by atoms with Crippen LogP contribution in [0.3, 0.4) is 0 Å². The topological polar surface area (TPSA) is 47.6 Å². The van der Waals surface area contributed by atoms with Crippen molar-refractivity contribution in [2.24, 2.45) is 0 Å². The molecule has 0 aliphatic heterocycles. The molecule has 24 heavy (non-hydrogen) atoms. The third-order valence-corrected chi connectivity index (χ3v) is 3.72. The molecule has 0 saturated heterocycles. The Bertz CT molecular complexity index is 665. The highest BCUT2D eigenvalue weighted by atomic mass is 16.5. The van der Waals surface area contributed by atoms with E-state index in [0.717, 1.165) is 17.9 Å². The molecule has 0 saturated carbocycles. The molecule has 0 spiro atoms. The van der Waals surface area contributed by atoms with Crippen LogP contribution in [0.5, 0.6) is 5.75 Å². The molecule has 2 rings (SSSR count). The Balaban J connectivity index is 1.95. The molecule has 1 unspecified atom stereocenters. The van der Waals surface area contributed by atoms with Crippen molar-refractivity contribution in [1.82, 2.24) is 5.32 Å². The molecular weight excluding hydrogens is 302 g/mol. The fourth-order valence-corrected chi connectivity index (χ4v) is 2.39. The van der Waals surface area contributed by atoms with E-state index in [2.05, 4.69) is 24.4 Å². The molecular formula is C20H25NO3. The van der Waals surface area contributed by atoms with Crippen molar-refractivity contribution in [1.29, 1.82) is 0 Å². The second kappa shape index (κ2) is 8.50. The fourth-order valence-electron chi connectivity index (χ4n) is 2.39. The molecule has 2 aromatic carbocycles. The summed E-state index contributed by atoms with van der Waals surface area (Å²) in [6.07, 6.45) is 0.164. The fraction of sp³-hybridized carbons (Fsp3) is 0.350. The van der Waals surface area contributed by atoms with E-state index in [0.29, 0.717) is 5.56 Å². The first-order valence-electron chi connectivity index (χ1n) is 8.17. The molecule has 0 radical (unpaired) electrons. The summed E-state index contributed by atoms with van der Waals surface area (Å²) in [6.45, 7) is 6.88. The molecule has 128 valence electrons. The van der Waals surface area contributed by atoms with Gasteiger partial charge in [0.1, 0.15) is 5.75 Å². The lowest BCUT2D eigenvalue weighted by Crippen LogP contribution is -2.18. The number of rotatable bonds is 7. The molecule has 1 atom stereocenters. The molecule has 0 aliphatic carbocycles. The van der Waals surface area contributed by atoms with Gasteiger partial charge >= 0.3 is 5.97 Å². The second-order valence-electron chi connectivity index (χ2n) is 6.03. The maximum atomic E-state index is 11.4. The van der Waals surface area contributed by atoms with E-state index in [1.165, 1.54) is 12.7 Å². The van der Waals surface area contributed by atoms with E-state index in [-0.39, 0.29) is 18.1 Å². The molecule has 0 fully saturated rings. The largest absolute Gasteiger partial charge is 0.491 e. The summed E-state index contributed by atoms with van der Waals surface area (Å²) < 4.78 is 10.4. The van der Waals surface area contributed by atoms with Crippen molar-refractivity contribution in [3.63, 3.8) is 0 Å². The maximum absolute atomic E-state index is 11.4. The first-order chi connectivity index (χ1) is 11.5. The highest BCUT2D eigenvalue weighted by Crippen LogP contribution is 2.20. The Hall–Kier alpha value is -2.33. The van der Waals surface area contributed by atoms with Gasteiger partial charge in [0.15, 0.2) is 0 Å². The van der Waals surface area contributed by atoms with Gasteiger partial charge in [-0.1, -0.05) is 24.3 Å². The van der Waals surface area contributed by atoms with E-state index in [1.54, 1.807) is 12.1 Å². The van der Waals surface area contributed by atoms with Gasteiger partial charge in [0.25, 0.3) is 0 Å². The number of ether oxygens (including phenoxy) is 2. The van der Waals surface area contributed by atoms with E-state index < -0.39 is 0 Å². The van der Waals surface area contributed by atoms with Gasteiger partial charge in [-0.25, -0.2) is 4.79 Å². The molecule has 4 nitrogen and oxygen atoms in total. The molecule has 0 amide bonds. The van der Waals surface area contributed by atoms with Gasteiger partial charge in [0.05, 0.1) is 18.8 Å². The zero-order chi connectivity index (χ0) is 17.5. The first kappa shape index (κ1) is 18.0. The van der Waals surface area contributed by atoms with Crippen LogP contribution in [0.2, 0.25) is 0 Å². The van der Waals surface area contributed by atoms with Crippen LogP contribution in [0.15, 0.2) is 48.5 Å². The third kappa shape index (κ3) is 5.10. The number of carbonyl (C=O) groups excluding carboxylic acids is 1. The Labute approximate surface area is 143 Å². The average molecular weight is 327 g/mol. The highest BCUT2D eigenvalue weighted by Gasteiger charge is 2.08. The lowest BCUT2D eigenvalue weighted by atomic mass is 10.1. The predicted molar refractivity (Wildman–Crippen MR) is 95.2 cm³/mol. The number of hydrogen-bond donors (Lipinski definition) is 1. The van der Waals surface area contributed by atoms with Crippen molar-refractivity contribution in [3.8, 4) is 5.75 Å². The zero-order valence-electron chi connectivity index (χ0n) is 14.7. The number of methoxy groups -OCH3 is 1. The molecule has 4 heteroatoms. The number of benzene rings is 2. The van der Waals surface area contributed by atoms with Gasteiger partial charge < -0.3 is 14.8 Å². The first-order valence-corrected chi connectivity index (χ1v) is 8.17. The predicted octanol–water partition coefficient (Wildman–Crippen LogP) is 4.11. The normalized spacial score (nSPS) is 12.0. The van der Waals surface area contributed by atoms with Gasteiger partial charge in [-0.3, -0.25) is 0 Å². The summed E-state index contributed by atoms with van der Waals surface area (Å²) >= 11 is 0. The number of hydrogen-bond acceptors (Lipinski definition) is 4. The van der Waals surface area contributed by atoms with Crippen molar-refractivity contribution in [2.45, 2.75) is 39.5 Å². The summed E-state index contributed by atoms with van der Waals surface area (Å²) in [6, 6.07) is 15.8. The van der Waals surface area contributed by atoms with Gasteiger partial charge in [0.2, 0.25) is 0 Å². The number of esters is 1. The van der Waals surface area contributed by atoms with Crippen molar-refractivity contribution >= 4 is 5.97 Å². The van der Waals surface area contributed by atoms with Crippen LogP contribution in [-0.4, -0.2) is 19.2 Å². The third-order valence-electron chi connectivity index (χ3n) is 3.72. The summed E-state index contributed by atoms with van der Waals surface area (Å²) in [5, 5.41) is 3.49. The molecule has 0 aliphatic rings. The Morgan fingerprint density at radius 1 is 1.08 bits per heavy atom. The van der Waals surface area contributed by atoms with Gasteiger partial charge in [-0.15, -0.1) is 0 Å². The molecule has 0 bridgehead atoms. The minimum atomic E-state index is -0.315. The summed E-state index contributed by atoms with van der Waals surface area (Å²) in [4.78, 5) is 11.4. The van der Waals surface area contributed by atoms with Crippen LogP contribution in [0.1, 0.15) is 48.3 Å². The Morgan fingerprint density at radius 3 is 2.42 bits per heavy atom. The van der Waals surface area contributed by atoms with Crippen LogP contribution in [0.25, 0.3) is 0 Å². The maximum Gasteiger partial charge on any atom is 0.337 e. The summed E-state index contributed by atoms with van der Waals surface area (Å²) in [5.74, 6) is 0.573. The van der Waals surface area contributed by atoms with E-state index >= 15 is 0 Å². The average Bonchev–Trinajstić information content (AvgIpc) is 2.59. The van der Waals surface area contributed by atoms with Crippen LogP contribution in [0, 0.1) is 0 Å². The van der Waals surface area contributed by atoms with Gasteiger partial charge in [-0.2, -0.15) is 0 Å². The number of nitrogens with one attached hydrogen (secondary N) is 1. The molecule has 2 aromatic rings. The van der Waals surface area contributed by atoms with Crippen LogP contribution >= 0.6 is 0 Å². The van der Waals surface area contributed by atoms with Crippen molar-refractivity contribution in [3.05, 3.63) is 65.2 Å². The SMILES string of the molecule is COC(=O)c1ccc(CNC(C)c2cccc(OC(C)C)c2)cc1. The van der Waals surface area contributed by atoms with Crippen LogP contribution < -0.4 is 10.1 Å². The van der Waals surface area contributed by atoms with Crippen molar-refractivity contribution < 1.29 is 14.3 Å². The van der Waals surface area contributed by atoms with Crippen LogP contribution in [-0.2, 0) is 11.3 Å². The highest BCUT2D eigenvalue weighted by molar-refractivity contribution is 5.89. The monoisotopic (exact) mass is 327 g/mol. The standard InChI is InChI=1S/C20H25NO3/c1-14(2)24-19-7-5-6-18(12-19)15(3)21-13-16-8-10-17(11-9-16)20(22)23-4/h5-12,14-15,21H,13H2,1-4H3. The minimum absolute atomic E-state index is 0.164. The van der Waals surface area contributed by atoms with Gasteiger partial charge in [-0.05, 0) is 56.2 Å². The Kier molecular flexibility index (Phi) is 6.38. The van der Waals surface area contributed by atoms with E-state index in [4.69, 9.17) is 9.47 Å². The van der Waals surface area contributed by atoms with E-state index in [1.807, 2.05) is 38.1 Å². The number of carbonyl (C=O) groups is 1. The summed E-state index contributed by atoms with van der Waals surface area (Å²) in [7, 11) is 1.39. The smallest absolute Gasteiger partial charge is 0.337 e. The second-order valence-corrected chi connectivity index (χ2v) is 6.03. The van der Waals surface area contributed by atoms with E-state index in [9.17, 15) is 4.79 Å². The molecule has 0 aromatic heterocycles. The molecule has 0 heterocycles.